The lowest BCUT2D eigenvalue weighted by Gasteiger charge is -2.08. The lowest BCUT2D eigenvalue weighted by Crippen LogP contribution is -2.01. The Morgan fingerprint density at radius 1 is 1.16 bits per heavy atom. The Balaban J connectivity index is 2.11. The van der Waals surface area contributed by atoms with Gasteiger partial charge in [0.1, 0.15) is 11.3 Å². The SMILES string of the molecule is COc1cc(CCc2ccncc2)ccc1C(=O)O. The van der Waals surface area contributed by atoms with Crippen LogP contribution < -0.4 is 4.74 Å². The van der Waals surface area contributed by atoms with Gasteiger partial charge >= 0.3 is 5.97 Å². The minimum absolute atomic E-state index is 0.190. The number of hydrogen-bond donors (Lipinski definition) is 1. The molecule has 1 heterocycles. The Morgan fingerprint density at radius 2 is 1.84 bits per heavy atom. The summed E-state index contributed by atoms with van der Waals surface area (Å²) in [5.41, 5.74) is 2.45. The number of ether oxygens (including phenoxy) is 1. The molecule has 0 spiro atoms. The van der Waals surface area contributed by atoms with Gasteiger partial charge in [0.2, 0.25) is 0 Å². The topological polar surface area (TPSA) is 59.4 Å². The van der Waals surface area contributed by atoms with E-state index in [1.165, 1.54) is 12.7 Å². The number of benzene rings is 1. The number of aryl methyl sites for hydroxylation is 2. The molecule has 0 fully saturated rings. The monoisotopic (exact) mass is 257 g/mol. The zero-order valence-corrected chi connectivity index (χ0v) is 10.7. The van der Waals surface area contributed by atoms with Gasteiger partial charge in [0.25, 0.3) is 0 Å². The molecule has 0 bridgehead atoms. The number of nitrogens with zero attached hydrogens (tertiary/aromatic N) is 1. The van der Waals surface area contributed by atoms with E-state index in [1.807, 2.05) is 18.2 Å². The first-order valence-electron chi connectivity index (χ1n) is 6.00. The maximum absolute atomic E-state index is 11.0. The van der Waals surface area contributed by atoms with Crippen LogP contribution in [-0.4, -0.2) is 23.2 Å². The van der Waals surface area contributed by atoms with Crippen LogP contribution in [0.2, 0.25) is 0 Å². The average Bonchev–Trinajstić information content (AvgIpc) is 2.45. The summed E-state index contributed by atoms with van der Waals surface area (Å²) in [5.74, 6) is -0.572. The maximum Gasteiger partial charge on any atom is 0.339 e. The molecule has 0 aliphatic rings. The Morgan fingerprint density at radius 3 is 2.47 bits per heavy atom. The van der Waals surface area contributed by atoms with E-state index in [4.69, 9.17) is 9.84 Å². The third kappa shape index (κ3) is 3.31. The van der Waals surface area contributed by atoms with Crippen LogP contribution in [0.5, 0.6) is 5.75 Å². The molecule has 0 unspecified atom stereocenters. The first-order valence-corrected chi connectivity index (χ1v) is 6.00. The van der Waals surface area contributed by atoms with Crippen molar-refractivity contribution < 1.29 is 14.6 Å². The number of methoxy groups -OCH3 is 1. The lowest BCUT2D eigenvalue weighted by atomic mass is 10.0. The molecule has 0 saturated carbocycles. The minimum Gasteiger partial charge on any atom is -0.496 e. The van der Waals surface area contributed by atoms with E-state index >= 15 is 0 Å². The molecule has 0 amide bonds. The number of rotatable bonds is 5. The third-order valence-corrected chi connectivity index (χ3v) is 2.95. The molecule has 98 valence electrons. The minimum atomic E-state index is -0.975. The maximum atomic E-state index is 11.0. The first kappa shape index (κ1) is 13.1. The van der Waals surface area contributed by atoms with Crippen LogP contribution in [0.15, 0.2) is 42.7 Å². The zero-order chi connectivity index (χ0) is 13.7. The quantitative estimate of drug-likeness (QED) is 0.894. The normalized spacial score (nSPS) is 10.2. The molecule has 1 aromatic heterocycles. The Labute approximate surface area is 111 Å². The Bertz CT molecular complexity index is 567. The number of pyridine rings is 1. The molecule has 2 rings (SSSR count). The van der Waals surface area contributed by atoms with E-state index in [2.05, 4.69) is 4.98 Å². The van der Waals surface area contributed by atoms with E-state index in [0.717, 1.165) is 18.4 Å². The van der Waals surface area contributed by atoms with Crippen molar-refractivity contribution in [2.24, 2.45) is 0 Å². The van der Waals surface area contributed by atoms with Crippen molar-refractivity contribution >= 4 is 5.97 Å². The van der Waals surface area contributed by atoms with Gasteiger partial charge in [-0.25, -0.2) is 4.79 Å². The fraction of sp³-hybridized carbons (Fsp3) is 0.200. The predicted octanol–water partition coefficient (Wildman–Crippen LogP) is 2.57. The largest absolute Gasteiger partial charge is 0.496 e. The van der Waals surface area contributed by atoms with Gasteiger partial charge in [0.05, 0.1) is 7.11 Å². The van der Waals surface area contributed by atoms with E-state index in [-0.39, 0.29) is 5.56 Å². The van der Waals surface area contributed by atoms with Crippen molar-refractivity contribution in [3.05, 3.63) is 59.4 Å². The summed E-state index contributed by atoms with van der Waals surface area (Å²) >= 11 is 0. The summed E-state index contributed by atoms with van der Waals surface area (Å²) in [6.45, 7) is 0. The standard InChI is InChI=1S/C15H15NO3/c1-19-14-10-12(4-5-13(14)15(17)18)3-2-11-6-8-16-9-7-11/h4-10H,2-3H2,1H3,(H,17,18). The molecule has 2 aromatic rings. The highest BCUT2D eigenvalue weighted by Crippen LogP contribution is 2.21. The van der Waals surface area contributed by atoms with Crippen molar-refractivity contribution in [3.8, 4) is 5.75 Å². The second-order valence-corrected chi connectivity index (χ2v) is 4.20. The fourth-order valence-electron chi connectivity index (χ4n) is 1.91. The second-order valence-electron chi connectivity index (χ2n) is 4.20. The molecule has 0 aliphatic carbocycles. The third-order valence-electron chi connectivity index (χ3n) is 2.95. The van der Waals surface area contributed by atoms with E-state index < -0.39 is 5.97 Å². The fourth-order valence-corrected chi connectivity index (χ4v) is 1.91. The molecule has 1 aromatic carbocycles. The molecule has 1 N–H and O–H groups in total. The van der Waals surface area contributed by atoms with E-state index in [0.29, 0.717) is 5.75 Å². The van der Waals surface area contributed by atoms with Crippen molar-refractivity contribution in [1.82, 2.24) is 4.98 Å². The second kappa shape index (κ2) is 6.00. The highest BCUT2D eigenvalue weighted by Gasteiger charge is 2.11. The van der Waals surface area contributed by atoms with Crippen LogP contribution in [0.1, 0.15) is 21.5 Å². The van der Waals surface area contributed by atoms with Crippen molar-refractivity contribution in [1.29, 1.82) is 0 Å². The highest BCUT2D eigenvalue weighted by molar-refractivity contribution is 5.90. The number of hydrogen-bond acceptors (Lipinski definition) is 3. The molecule has 0 radical (unpaired) electrons. The van der Waals surface area contributed by atoms with Crippen LogP contribution in [0, 0.1) is 0 Å². The van der Waals surface area contributed by atoms with Crippen LogP contribution in [0.4, 0.5) is 0 Å². The van der Waals surface area contributed by atoms with Crippen LogP contribution in [0.25, 0.3) is 0 Å². The van der Waals surface area contributed by atoms with Crippen molar-refractivity contribution in [3.63, 3.8) is 0 Å². The van der Waals surface area contributed by atoms with Gasteiger partial charge in [-0.3, -0.25) is 4.98 Å². The number of carboxylic acid groups (broad SMARTS) is 1. The summed E-state index contributed by atoms with van der Waals surface area (Å²) in [7, 11) is 1.48. The number of carbonyl (C=O) groups is 1. The van der Waals surface area contributed by atoms with E-state index in [9.17, 15) is 4.79 Å². The number of aromatic carboxylic acids is 1. The average molecular weight is 257 g/mol. The summed E-state index contributed by atoms with van der Waals surface area (Å²) < 4.78 is 5.11. The first-order chi connectivity index (χ1) is 9.20. The molecule has 0 atom stereocenters. The Kier molecular flexibility index (Phi) is 4.13. The van der Waals surface area contributed by atoms with Crippen molar-refractivity contribution in [2.75, 3.05) is 7.11 Å². The Hall–Kier alpha value is -2.36. The zero-order valence-electron chi connectivity index (χ0n) is 10.7. The van der Waals surface area contributed by atoms with Crippen molar-refractivity contribution in [2.45, 2.75) is 12.8 Å². The highest BCUT2D eigenvalue weighted by atomic mass is 16.5. The van der Waals surface area contributed by atoms with Gasteiger partial charge in [0, 0.05) is 12.4 Å². The molecule has 4 heteroatoms. The van der Waals surface area contributed by atoms with Crippen LogP contribution in [0.3, 0.4) is 0 Å². The van der Waals surface area contributed by atoms with Crippen LogP contribution >= 0.6 is 0 Å². The summed E-state index contributed by atoms with van der Waals surface area (Å²) in [5, 5.41) is 9.01. The molecular formula is C15H15NO3. The molecule has 4 nitrogen and oxygen atoms in total. The van der Waals surface area contributed by atoms with E-state index in [1.54, 1.807) is 24.5 Å². The summed E-state index contributed by atoms with van der Waals surface area (Å²) in [6.07, 6.45) is 5.26. The van der Waals surface area contributed by atoms with Gasteiger partial charge in [-0.2, -0.15) is 0 Å². The molecular weight excluding hydrogens is 242 g/mol. The van der Waals surface area contributed by atoms with Gasteiger partial charge in [-0.1, -0.05) is 6.07 Å². The predicted molar refractivity (Wildman–Crippen MR) is 71.6 cm³/mol. The molecule has 0 aliphatic heterocycles. The summed E-state index contributed by atoms with van der Waals surface area (Å²) in [4.78, 5) is 15.0. The van der Waals surface area contributed by atoms with Gasteiger partial charge < -0.3 is 9.84 Å². The number of carboxylic acids is 1. The van der Waals surface area contributed by atoms with Crippen LogP contribution in [-0.2, 0) is 12.8 Å². The smallest absolute Gasteiger partial charge is 0.339 e. The number of aromatic nitrogens is 1. The summed E-state index contributed by atoms with van der Waals surface area (Å²) in [6, 6.07) is 9.15. The van der Waals surface area contributed by atoms with Gasteiger partial charge in [-0.15, -0.1) is 0 Å². The van der Waals surface area contributed by atoms with Gasteiger partial charge in [0.15, 0.2) is 0 Å². The lowest BCUT2D eigenvalue weighted by molar-refractivity contribution is 0.0693. The molecule has 19 heavy (non-hydrogen) atoms. The molecule has 0 saturated heterocycles. The van der Waals surface area contributed by atoms with Gasteiger partial charge in [-0.05, 0) is 48.2 Å².